The summed E-state index contributed by atoms with van der Waals surface area (Å²) in [6.07, 6.45) is 4.29. The van der Waals surface area contributed by atoms with Gasteiger partial charge >= 0.3 is 0 Å². The summed E-state index contributed by atoms with van der Waals surface area (Å²) in [6.45, 7) is 3.63. The Bertz CT molecular complexity index is 427. The van der Waals surface area contributed by atoms with Crippen molar-refractivity contribution in [3.05, 3.63) is 18.0 Å². The number of sulfonamides is 1. The molecule has 0 saturated carbocycles. The predicted molar refractivity (Wildman–Crippen MR) is 67.2 cm³/mol. The second-order valence-corrected chi connectivity index (χ2v) is 5.77. The monoisotopic (exact) mass is 260 g/mol. The van der Waals surface area contributed by atoms with Crippen molar-refractivity contribution in [3.8, 4) is 0 Å². The van der Waals surface area contributed by atoms with Gasteiger partial charge in [-0.15, -0.1) is 0 Å². The molecular formula is C10H20N4O2S. The minimum atomic E-state index is -3.16. The van der Waals surface area contributed by atoms with Crippen LogP contribution in [0.2, 0.25) is 0 Å². The van der Waals surface area contributed by atoms with Gasteiger partial charge in [0.05, 0.1) is 11.9 Å². The SMILES string of the molecule is CCNCCS(=O)(=O)NCCc1cnn(C)c1. The number of hydrogen-bond donors (Lipinski definition) is 2. The van der Waals surface area contributed by atoms with Crippen molar-refractivity contribution in [1.82, 2.24) is 19.8 Å². The molecule has 0 aliphatic rings. The Kier molecular flexibility index (Phi) is 5.60. The minimum Gasteiger partial charge on any atom is -0.316 e. The van der Waals surface area contributed by atoms with Crippen LogP contribution >= 0.6 is 0 Å². The number of rotatable bonds is 8. The van der Waals surface area contributed by atoms with Gasteiger partial charge in [0.25, 0.3) is 0 Å². The Balaban J connectivity index is 2.25. The lowest BCUT2D eigenvalue weighted by Gasteiger charge is -2.06. The van der Waals surface area contributed by atoms with Crippen LogP contribution in [0.3, 0.4) is 0 Å². The summed E-state index contributed by atoms with van der Waals surface area (Å²) in [6, 6.07) is 0. The van der Waals surface area contributed by atoms with Crippen LogP contribution in [0.25, 0.3) is 0 Å². The third-order valence-corrected chi connectivity index (χ3v) is 3.68. The fraction of sp³-hybridized carbons (Fsp3) is 0.700. The molecule has 2 N–H and O–H groups in total. The third kappa shape index (κ3) is 5.81. The highest BCUT2D eigenvalue weighted by Gasteiger charge is 2.08. The first-order chi connectivity index (χ1) is 8.03. The maximum Gasteiger partial charge on any atom is 0.212 e. The van der Waals surface area contributed by atoms with Gasteiger partial charge in [-0.3, -0.25) is 4.68 Å². The smallest absolute Gasteiger partial charge is 0.212 e. The number of aryl methyl sites for hydroxylation is 1. The lowest BCUT2D eigenvalue weighted by molar-refractivity contribution is 0.577. The summed E-state index contributed by atoms with van der Waals surface area (Å²) < 4.78 is 27.3. The van der Waals surface area contributed by atoms with Gasteiger partial charge in [-0.05, 0) is 18.5 Å². The van der Waals surface area contributed by atoms with Crippen LogP contribution in [0, 0.1) is 0 Å². The predicted octanol–water partition coefficient (Wildman–Crippen LogP) is -0.508. The quantitative estimate of drug-likeness (QED) is 0.617. The van der Waals surface area contributed by atoms with Crippen LogP contribution in [0.4, 0.5) is 0 Å². The van der Waals surface area contributed by atoms with E-state index in [9.17, 15) is 8.42 Å². The Morgan fingerprint density at radius 2 is 2.18 bits per heavy atom. The Morgan fingerprint density at radius 1 is 1.41 bits per heavy atom. The molecular weight excluding hydrogens is 240 g/mol. The molecule has 0 bridgehead atoms. The summed E-state index contributed by atoms with van der Waals surface area (Å²) in [7, 11) is -1.32. The standard InChI is InChI=1S/C10H20N4O2S/c1-3-11-6-7-17(15,16)13-5-4-10-8-12-14(2)9-10/h8-9,11,13H,3-7H2,1-2H3. The van der Waals surface area contributed by atoms with E-state index in [0.29, 0.717) is 19.5 Å². The van der Waals surface area contributed by atoms with Crippen molar-refractivity contribution in [1.29, 1.82) is 0 Å². The molecule has 0 aliphatic carbocycles. The molecule has 17 heavy (non-hydrogen) atoms. The van der Waals surface area contributed by atoms with Crippen LogP contribution in [0.1, 0.15) is 12.5 Å². The van der Waals surface area contributed by atoms with Crippen molar-refractivity contribution >= 4 is 10.0 Å². The van der Waals surface area contributed by atoms with Gasteiger partial charge < -0.3 is 5.32 Å². The average Bonchev–Trinajstić information content (AvgIpc) is 2.64. The summed E-state index contributed by atoms with van der Waals surface area (Å²) >= 11 is 0. The highest BCUT2D eigenvalue weighted by Crippen LogP contribution is 1.96. The molecule has 0 unspecified atom stereocenters. The zero-order valence-electron chi connectivity index (χ0n) is 10.3. The van der Waals surface area contributed by atoms with Crippen molar-refractivity contribution in [3.63, 3.8) is 0 Å². The highest BCUT2D eigenvalue weighted by atomic mass is 32.2. The first-order valence-corrected chi connectivity index (χ1v) is 7.34. The number of nitrogens with one attached hydrogen (secondary N) is 2. The molecule has 98 valence electrons. The zero-order chi connectivity index (χ0) is 12.7. The van der Waals surface area contributed by atoms with Gasteiger partial charge in [0.2, 0.25) is 10.0 Å². The minimum absolute atomic E-state index is 0.119. The number of hydrogen-bond acceptors (Lipinski definition) is 4. The summed E-state index contributed by atoms with van der Waals surface area (Å²) in [5, 5.41) is 7.01. The number of nitrogens with zero attached hydrogens (tertiary/aromatic N) is 2. The van der Waals surface area contributed by atoms with Crippen LogP contribution in [0.5, 0.6) is 0 Å². The van der Waals surface area contributed by atoms with E-state index in [2.05, 4.69) is 15.1 Å². The Morgan fingerprint density at radius 3 is 2.76 bits per heavy atom. The van der Waals surface area contributed by atoms with Gasteiger partial charge in [0.15, 0.2) is 0 Å². The van der Waals surface area contributed by atoms with E-state index >= 15 is 0 Å². The largest absolute Gasteiger partial charge is 0.316 e. The van der Waals surface area contributed by atoms with E-state index in [1.165, 1.54) is 0 Å². The molecule has 1 rings (SSSR count). The Hall–Kier alpha value is -0.920. The van der Waals surface area contributed by atoms with Crippen molar-refractivity contribution in [2.24, 2.45) is 7.05 Å². The first-order valence-electron chi connectivity index (χ1n) is 5.69. The average molecular weight is 260 g/mol. The van der Waals surface area contributed by atoms with E-state index in [1.54, 1.807) is 10.9 Å². The van der Waals surface area contributed by atoms with Gasteiger partial charge in [0.1, 0.15) is 0 Å². The molecule has 0 aliphatic heterocycles. The molecule has 0 fully saturated rings. The molecule has 1 heterocycles. The van der Waals surface area contributed by atoms with Gasteiger partial charge in [0, 0.05) is 26.3 Å². The Labute approximate surface area is 102 Å². The third-order valence-electron chi connectivity index (χ3n) is 2.29. The second kappa shape index (κ2) is 6.73. The molecule has 0 amide bonds. The van der Waals surface area contributed by atoms with E-state index in [-0.39, 0.29) is 5.75 Å². The molecule has 0 radical (unpaired) electrons. The lowest BCUT2D eigenvalue weighted by Crippen LogP contribution is -2.33. The normalized spacial score (nSPS) is 11.9. The molecule has 1 aromatic rings. The second-order valence-electron chi connectivity index (χ2n) is 3.84. The van der Waals surface area contributed by atoms with Gasteiger partial charge in [-0.1, -0.05) is 6.92 Å². The molecule has 7 heteroatoms. The van der Waals surface area contributed by atoms with Crippen LogP contribution in [0.15, 0.2) is 12.4 Å². The molecule has 0 saturated heterocycles. The number of aromatic nitrogens is 2. The molecule has 1 aromatic heterocycles. The zero-order valence-corrected chi connectivity index (χ0v) is 11.1. The summed E-state index contributed by atoms with van der Waals surface area (Å²) in [5.74, 6) is 0.119. The molecule has 0 spiro atoms. The van der Waals surface area contributed by atoms with E-state index < -0.39 is 10.0 Å². The summed E-state index contributed by atoms with van der Waals surface area (Å²) in [4.78, 5) is 0. The molecule has 0 atom stereocenters. The van der Waals surface area contributed by atoms with E-state index in [1.807, 2.05) is 20.2 Å². The molecule has 0 aromatic carbocycles. The van der Waals surface area contributed by atoms with Crippen molar-refractivity contribution in [2.45, 2.75) is 13.3 Å². The lowest BCUT2D eigenvalue weighted by atomic mass is 10.3. The van der Waals surface area contributed by atoms with Crippen LogP contribution < -0.4 is 10.0 Å². The van der Waals surface area contributed by atoms with Gasteiger partial charge in [-0.2, -0.15) is 5.10 Å². The van der Waals surface area contributed by atoms with E-state index in [0.717, 1.165) is 12.1 Å². The van der Waals surface area contributed by atoms with Gasteiger partial charge in [-0.25, -0.2) is 13.1 Å². The van der Waals surface area contributed by atoms with Crippen molar-refractivity contribution in [2.75, 3.05) is 25.4 Å². The van der Waals surface area contributed by atoms with Crippen molar-refractivity contribution < 1.29 is 8.42 Å². The summed E-state index contributed by atoms with van der Waals surface area (Å²) in [5.41, 5.74) is 1.03. The fourth-order valence-electron chi connectivity index (χ4n) is 1.41. The van der Waals surface area contributed by atoms with E-state index in [4.69, 9.17) is 0 Å². The topological polar surface area (TPSA) is 76.0 Å². The first kappa shape index (κ1) is 14.1. The highest BCUT2D eigenvalue weighted by molar-refractivity contribution is 7.89. The fourth-order valence-corrected chi connectivity index (χ4v) is 2.38. The van der Waals surface area contributed by atoms with Crippen LogP contribution in [-0.2, 0) is 23.5 Å². The maximum atomic E-state index is 11.5. The maximum absolute atomic E-state index is 11.5. The molecule has 6 nitrogen and oxygen atoms in total. The van der Waals surface area contributed by atoms with Crippen LogP contribution in [-0.4, -0.2) is 43.6 Å².